The molecule has 3 N–H and O–H groups in total. The molecule has 5 nitrogen and oxygen atoms in total. The van der Waals surface area contributed by atoms with E-state index >= 15 is 0 Å². The highest BCUT2D eigenvalue weighted by Crippen LogP contribution is 2.59. The molecule has 0 aliphatic rings. The topological polar surface area (TPSA) is 81.8 Å². The zero-order valence-electron chi connectivity index (χ0n) is 10.3. The first-order chi connectivity index (χ1) is 8.44. The van der Waals surface area contributed by atoms with Crippen LogP contribution in [0.3, 0.4) is 0 Å². The molecule has 0 heterocycles. The van der Waals surface area contributed by atoms with Crippen molar-refractivity contribution in [3.63, 3.8) is 0 Å². The van der Waals surface area contributed by atoms with E-state index < -0.39 is 13.4 Å². The molecule has 1 rings (SSSR count). The lowest BCUT2D eigenvalue weighted by Crippen LogP contribution is -2.15. The lowest BCUT2D eigenvalue weighted by Gasteiger charge is -2.23. The summed E-state index contributed by atoms with van der Waals surface area (Å²) in [4.78, 5) is 0. The van der Waals surface area contributed by atoms with Crippen molar-refractivity contribution in [1.82, 2.24) is 0 Å². The quantitative estimate of drug-likeness (QED) is 0.777. The van der Waals surface area contributed by atoms with Gasteiger partial charge in [0.25, 0.3) is 0 Å². The number of rotatable bonds is 6. The number of hydrogen-bond donors (Lipinski definition) is 2. The summed E-state index contributed by atoms with van der Waals surface area (Å²) < 4.78 is 23.5. The molecule has 1 aromatic carbocycles. The van der Waals surface area contributed by atoms with Crippen molar-refractivity contribution in [1.29, 1.82) is 0 Å². The Kier molecular flexibility index (Phi) is 5.82. The van der Waals surface area contributed by atoms with Crippen LogP contribution in [0.15, 0.2) is 22.7 Å². The number of aromatic hydroxyl groups is 1. The van der Waals surface area contributed by atoms with Gasteiger partial charge in [0.1, 0.15) is 11.5 Å². The van der Waals surface area contributed by atoms with Crippen molar-refractivity contribution in [2.75, 3.05) is 13.2 Å². The van der Waals surface area contributed by atoms with Gasteiger partial charge in [0.2, 0.25) is 0 Å². The van der Waals surface area contributed by atoms with Gasteiger partial charge < -0.3 is 19.9 Å². The normalized spacial score (nSPS) is 13.6. The van der Waals surface area contributed by atoms with Crippen LogP contribution in [-0.4, -0.2) is 18.3 Å². The van der Waals surface area contributed by atoms with Crippen LogP contribution in [0.5, 0.6) is 5.75 Å². The van der Waals surface area contributed by atoms with Crippen LogP contribution in [0, 0.1) is 0 Å². The second-order valence-electron chi connectivity index (χ2n) is 3.52. The Morgan fingerprint density at radius 1 is 1.39 bits per heavy atom. The van der Waals surface area contributed by atoms with Crippen molar-refractivity contribution in [2.45, 2.75) is 19.6 Å². The van der Waals surface area contributed by atoms with E-state index in [1.54, 1.807) is 26.0 Å². The van der Waals surface area contributed by atoms with Gasteiger partial charge in [0.15, 0.2) is 0 Å². The van der Waals surface area contributed by atoms with E-state index in [9.17, 15) is 9.67 Å². The SMILES string of the molecule is CCOP(=O)(OCC)[C@@H](N)c1ccc(Br)cc1O. The molecular weight excluding hydrogens is 321 g/mol. The van der Waals surface area contributed by atoms with Crippen LogP contribution in [0.2, 0.25) is 0 Å². The van der Waals surface area contributed by atoms with Gasteiger partial charge in [0, 0.05) is 10.0 Å². The molecule has 18 heavy (non-hydrogen) atoms. The number of nitrogens with two attached hydrogens (primary N) is 1. The Labute approximate surface area is 115 Å². The van der Waals surface area contributed by atoms with E-state index in [0.717, 1.165) is 0 Å². The van der Waals surface area contributed by atoms with Crippen LogP contribution in [0.1, 0.15) is 25.2 Å². The highest BCUT2D eigenvalue weighted by molar-refractivity contribution is 9.10. The van der Waals surface area contributed by atoms with Gasteiger partial charge in [-0.05, 0) is 26.0 Å². The molecule has 0 unspecified atom stereocenters. The maximum Gasteiger partial charge on any atom is 0.351 e. The molecule has 0 aromatic heterocycles. The second-order valence-corrected chi connectivity index (χ2v) is 6.59. The minimum atomic E-state index is -3.47. The number of phenolic OH excluding ortho intramolecular Hbond substituents is 1. The summed E-state index contributed by atoms with van der Waals surface area (Å²) in [5.74, 6) is -1.05. The number of benzene rings is 1. The van der Waals surface area contributed by atoms with Gasteiger partial charge in [-0.25, -0.2) is 0 Å². The highest BCUT2D eigenvalue weighted by Gasteiger charge is 2.35. The van der Waals surface area contributed by atoms with Gasteiger partial charge >= 0.3 is 7.60 Å². The summed E-state index contributed by atoms with van der Waals surface area (Å²) in [6.45, 7) is 3.87. The van der Waals surface area contributed by atoms with Crippen molar-refractivity contribution < 1.29 is 18.7 Å². The average molecular weight is 338 g/mol. The summed E-state index contributed by atoms with van der Waals surface area (Å²) in [5.41, 5.74) is 6.24. The van der Waals surface area contributed by atoms with E-state index in [1.165, 1.54) is 6.07 Å². The molecule has 1 atom stereocenters. The Morgan fingerprint density at radius 2 is 1.94 bits per heavy atom. The van der Waals surface area contributed by atoms with Gasteiger partial charge in [0.05, 0.1) is 13.2 Å². The molecule has 0 saturated carbocycles. The smallest absolute Gasteiger partial charge is 0.351 e. The molecule has 102 valence electrons. The van der Waals surface area contributed by atoms with E-state index in [2.05, 4.69) is 15.9 Å². The molecule has 0 amide bonds. The first-order valence-corrected chi connectivity index (χ1v) is 7.97. The molecule has 0 aliphatic heterocycles. The Morgan fingerprint density at radius 3 is 2.39 bits per heavy atom. The highest BCUT2D eigenvalue weighted by atomic mass is 79.9. The minimum absolute atomic E-state index is 0.0449. The van der Waals surface area contributed by atoms with Crippen LogP contribution >= 0.6 is 23.5 Å². The number of phenols is 1. The van der Waals surface area contributed by atoms with E-state index in [0.29, 0.717) is 10.0 Å². The molecule has 0 bridgehead atoms. The molecule has 0 fully saturated rings. The summed E-state index contributed by atoms with van der Waals surface area (Å²) in [6, 6.07) is 4.78. The molecule has 1 aromatic rings. The number of halogens is 1. The fourth-order valence-electron chi connectivity index (χ4n) is 1.50. The van der Waals surface area contributed by atoms with Gasteiger partial charge in [-0.15, -0.1) is 0 Å². The second kappa shape index (κ2) is 6.68. The van der Waals surface area contributed by atoms with Crippen LogP contribution in [0.4, 0.5) is 0 Å². The third kappa shape index (κ3) is 3.56. The van der Waals surface area contributed by atoms with Crippen molar-refractivity contribution in [3.8, 4) is 5.75 Å². The fourth-order valence-corrected chi connectivity index (χ4v) is 3.52. The van der Waals surface area contributed by atoms with Gasteiger partial charge in [-0.3, -0.25) is 4.57 Å². The predicted molar refractivity (Wildman–Crippen MR) is 73.6 cm³/mol. The third-order valence-corrected chi connectivity index (χ3v) is 4.96. The molecule has 0 saturated heterocycles. The molecule has 0 spiro atoms. The van der Waals surface area contributed by atoms with Crippen LogP contribution in [-0.2, 0) is 13.6 Å². The molecular formula is C11H17BrNO4P. The van der Waals surface area contributed by atoms with Crippen LogP contribution < -0.4 is 5.73 Å². The zero-order chi connectivity index (χ0) is 13.8. The van der Waals surface area contributed by atoms with Crippen molar-refractivity contribution in [3.05, 3.63) is 28.2 Å². The Hall–Kier alpha value is -0.390. The van der Waals surface area contributed by atoms with E-state index in [-0.39, 0.29) is 19.0 Å². The standard InChI is InChI=1S/C11H17BrNO4P/c1-3-16-18(15,17-4-2)11(13)9-6-5-8(12)7-10(9)14/h5-7,11,14H,3-4,13H2,1-2H3/t11-/m1/s1. The fraction of sp³-hybridized carbons (Fsp3) is 0.455. The summed E-state index contributed by atoms with van der Waals surface area (Å²) in [5, 5.41) is 9.82. The molecule has 0 radical (unpaired) electrons. The lowest BCUT2D eigenvalue weighted by molar-refractivity contribution is 0.212. The summed E-state index contributed by atoms with van der Waals surface area (Å²) in [7, 11) is -3.47. The van der Waals surface area contributed by atoms with E-state index in [4.69, 9.17) is 14.8 Å². The maximum atomic E-state index is 12.5. The van der Waals surface area contributed by atoms with Crippen molar-refractivity contribution >= 4 is 23.5 Å². The monoisotopic (exact) mass is 337 g/mol. The minimum Gasteiger partial charge on any atom is -0.508 e. The average Bonchev–Trinajstić information content (AvgIpc) is 2.29. The van der Waals surface area contributed by atoms with Gasteiger partial charge in [-0.2, -0.15) is 0 Å². The largest absolute Gasteiger partial charge is 0.508 e. The maximum absolute atomic E-state index is 12.5. The summed E-state index contributed by atoms with van der Waals surface area (Å²) >= 11 is 3.22. The van der Waals surface area contributed by atoms with Gasteiger partial charge in [-0.1, -0.05) is 22.0 Å². The Balaban J connectivity index is 3.09. The third-order valence-electron chi connectivity index (χ3n) is 2.27. The number of hydrogen-bond acceptors (Lipinski definition) is 5. The lowest BCUT2D eigenvalue weighted by atomic mass is 10.2. The first kappa shape index (κ1) is 15.7. The summed E-state index contributed by atoms with van der Waals surface area (Å²) in [6.07, 6.45) is 0. The Bertz CT molecular complexity index is 445. The zero-order valence-corrected chi connectivity index (χ0v) is 12.8. The van der Waals surface area contributed by atoms with E-state index in [1.807, 2.05) is 0 Å². The van der Waals surface area contributed by atoms with Crippen molar-refractivity contribution in [2.24, 2.45) is 5.73 Å². The molecule has 7 heteroatoms. The van der Waals surface area contributed by atoms with Crippen LogP contribution in [0.25, 0.3) is 0 Å². The first-order valence-electron chi connectivity index (χ1n) is 5.57. The predicted octanol–water partition coefficient (Wildman–Crippen LogP) is 3.38. The molecule has 0 aliphatic carbocycles.